The van der Waals surface area contributed by atoms with Gasteiger partial charge >= 0.3 is 0 Å². The van der Waals surface area contributed by atoms with Crippen LogP contribution in [0, 0.1) is 13.8 Å². The predicted molar refractivity (Wildman–Crippen MR) is 125 cm³/mol. The van der Waals surface area contributed by atoms with Gasteiger partial charge in [-0.3, -0.25) is 14.5 Å². The van der Waals surface area contributed by atoms with E-state index in [-0.39, 0.29) is 18.2 Å². The quantitative estimate of drug-likeness (QED) is 0.732. The molecule has 7 nitrogen and oxygen atoms in total. The zero-order valence-corrected chi connectivity index (χ0v) is 19.1. The standard InChI is InChI=1S/C22H23ClN4O3S/c1-13-4-6-17(14(2)8-13)25-20(28)10-19-21(29)27-12-26(11-24-22(27)31-19)15-5-7-18(30-3)16(23)9-15/h4-9,19H,10-12H2,1-3H3,(H,25,28)/t19-/m0/s1. The van der Waals surface area contributed by atoms with Crippen LogP contribution in [0.5, 0.6) is 5.75 Å². The largest absolute Gasteiger partial charge is 0.495 e. The summed E-state index contributed by atoms with van der Waals surface area (Å²) >= 11 is 7.59. The maximum Gasteiger partial charge on any atom is 0.244 e. The number of methoxy groups -OCH3 is 1. The average molecular weight is 459 g/mol. The average Bonchev–Trinajstić information content (AvgIpc) is 3.04. The molecule has 2 amide bonds. The number of carbonyl (C=O) groups excluding carboxylic acids is 2. The van der Waals surface area contributed by atoms with E-state index in [0.717, 1.165) is 22.5 Å². The smallest absolute Gasteiger partial charge is 0.244 e. The van der Waals surface area contributed by atoms with Gasteiger partial charge in [0, 0.05) is 17.8 Å². The van der Waals surface area contributed by atoms with Gasteiger partial charge in [-0.25, -0.2) is 4.99 Å². The number of ether oxygens (including phenoxy) is 1. The lowest BCUT2D eigenvalue weighted by molar-refractivity contribution is -0.128. The van der Waals surface area contributed by atoms with E-state index < -0.39 is 5.25 Å². The molecule has 9 heteroatoms. The Kier molecular flexibility index (Phi) is 6.11. The topological polar surface area (TPSA) is 74.2 Å². The van der Waals surface area contributed by atoms with Gasteiger partial charge in [0.25, 0.3) is 0 Å². The number of hydrogen-bond acceptors (Lipinski definition) is 6. The number of anilines is 2. The molecule has 1 atom stereocenters. The molecule has 2 aromatic carbocycles. The van der Waals surface area contributed by atoms with Crippen molar-refractivity contribution in [2.24, 2.45) is 4.99 Å². The number of carbonyl (C=O) groups is 2. The molecule has 2 aliphatic heterocycles. The van der Waals surface area contributed by atoms with Gasteiger partial charge in [0.05, 0.1) is 12.1 Å². The number of aryl methyl sites for hydroxylation is 2. The van der Waals surface area contributed by atoms with E-state index in [9.17, 15) is 9.59 Å². The molecule has 2 aromatic rings. The molecule has 0 aliphatic carbocycles. The van der Waals surface area contributed by atoms with Crippen LogP contribution in [0.15, 0.2) is 41.4 Å². The van der Waals surface area contributed by atoms with Crippen LogP contribution >= 0.6 is 23.4 Å². The van der Waals surface area contributed by atoms with Crippen LogP contribution in [0.25, 0.3) is 0 Å². The van der Waals surface area contributed by atoms with E-state index in [0.29, 0.717) is 29.3 Å². The van der Waals surface area contributed by atoms with E-state index in [1.54, 1.807) is 24.1 Å². The van der Waals surface area contributed by atoms with Gasteiger partial charge in [-0.1, -0.05) is 41.1 Å². The Balaban J connectivity index is 1.41. The highest BCUT2D eigenvalue weighted by atomic mass is 35.5. The van der Waals surface area contributed by atoms with Crippen molar-refractivity contribution in [3.8, 4) is 5.75 Å². The van der Waals surface area contributed by atoms with Crippen LogP contribution in [-0.4, -0.2) is 47.6 Å². The Morgan fingerprint density at radius 2 is 2.10 bits per heavy atom. The van der Waals surface area contributed by atoms with Crippen molar-refractivity contribution in [3.63, 3.8) is 0 Å². The van der Waals surface area contributed by atoms with Gasteiger partial charge in [-0.05, 0) is 43.7 Å². The van der Waals surface area contributed by atoms with E-state index >= 15 is 0 Å². The van der Waals surface area contributed by atoms with E-state index in [4.69, 9.17) is 16.3 Å². The molecule has 162 valence electrons. The molecule has 1 N–H and O–H groups in total. The third-order valence-corrected chi connectivity index (χ3v) is 6.74. The van der Waals surface area contributed by atoms with Crippen molar-refractivity contribution in [1.29, 1.82) is 0 Å². The van der Waals surface area contributed by atoms with E-state index in [1.165, 1.54) is 11.8 Å². The van der Waals surface area contributed by atoms with Crippen LogP contribution < -0.4 is 15.0 Å². The molecule has 0 bridgehead atoms. The minimum atomic E-state index is -0.482. The Hall–Kier alpha value is -2.71. The van der Waals surface area contributed by atoms with Gasteiger partial charge < -0.3 is 15.0 Å². The first-order valence-electron chi connectivity index (χ1n) is 9.84. The zero-order valence-electron chi connectivity index (χ0n) is 17.5. The number of halogens is 1. The van der Waals surface area contributed by atoms with Crippen molar-refractivity contribution in [3.05, 3.63) is 52.5 Å². The maximum absolute atomic E-state index is 13.0. The first kappa shape index (κ1) is 21.5. The first-order chi connectivity index (χ1) is 14.9. The highest BCUT2D eigenvalue weighted by molar-refractivity contribution is 8.15. The summed E-state index contributed by atoms with van der Waals surface area (Å²) in [7, 11) is 1.56. The summed E-state index contributed by atoms with van der Waals surface area (Å²) in [6.07, 6.45) is 0.0979. The fourth-order valence-electron chi connectivity index (χ4n) is 3.59. The number of rotatable bonds is 5. The van der Waals surface area contributed by atoms with Crippen molar-refractivity contribution in [2.45, 2.75) is 25.5 Å². The predicted octanol–water partition coefficient (Wildman–Crippen LogP) is 4.03. The monoisotopic (exact) mass is 458 g/mol. The van der Waals surface area contributed by atoms with Gasteiger partial charge in [0.15, 0.2) is 5.17 Å². The highest BCUT2D eigenvalue weighted by Gasteiger charge is 2.41. The number of amidine groups is 1. The third kappa shape index (κ3) is 4.50. The number of benzene rings is 2. The Labute approximate surface area is 190 Å². The zero-order chi connectivity index (χ0) is 22.1. The van der Waals surface area contributed by atoms with Crippen molar-refractivity contribution >= 4 is 51.7 Å². The molecule has 2 heterocycles. The fraction of sp³-hybridized carbons (Fsp3) is 0.318. The number of amides is 2. The number of aliphatic imine (C=N–C) groups is 1. The lowest BCUT2D eigenvalue weighted by Crippen LogP contribution is -2.46. The molecule has 0 radical (unpaired) electrons. The fourth-order valence-corrected chi connectivity index (χ4v) is 4.97. The first-order valence-corrected chi connectivity index (χ1v) is 11.1. The molecule has 0 spiro atoms. The molecule has 4 rings (SSSR count). The summed E-state index contributed by atoms with van der Waals surface area (Å²) in [6.45, 7) is 4.73. The lowest BCUT2D eigenvalue weighted by Gasteiger charge is -2.32. The van der Waals surface area contributed by atoms with Crippen LogP contribution in [0.1, 0.15) is 17.5 Å². The molecular formula is C22H23ClN4O3S. The second kappa shape index (κ2) is 8.80. The molecule has 0 saturated carbocycles. The molecule has 0 aromatic heterocycles. The summed E-state index contributed by atoms with van der Waals surface area (Å²) in [5, 5.41) is 3.59. The number of nitrogens with one attached hydrogen (secondary N) is 1. The van der Waals surface area contributed by atoms with Crippen LogP contribution in [-0.2, 0) is 9.59 Å². The van der Waals surface area contributed by atoms with Gasteiger partial charge in [0.1, 0.15) is 24.3 Å². The van der Waals surface area contributed by atoms with Crippen molar-refractivity contribution < 1.29 is 14.3 Å². The molecule has 0 unspecified atom stereocenters. The Morgan fingerprint density at radius 1 is 1.29 bits per heavy atom. The molecule has 2 aliphatic rings. The SMILES string of the molecule is COc1ccc(N2CN=C3S[C@@H](CC(=O)Nc4ccc(C)cc4C)C(=O)N3C2)cc1Cl. The third-order valence-electron chi connectivity index (χ3n) is 5.24. The number of thioether (sulfide) groups is 1. The summed E-state index contributed by atoms with van der Waals surface area (Å²) in [6, 6.07) is 11.3. The second-order valence-corrected chi connectivity index (χ2v) is 9.10. The van der Waals surface area contributed by atoms with Crippen LogP contribution in [0.4, 0.5) is 11.4 Å². The minimum absolute atomic E-state index is 0.0979. The summed E-state index contributed by atoms with van der Waals surface area (Å²) in [4.78, 5) is 33.6. The highest BCUT2D eigenvalue weighted by Crippen LogP contribution is 2.35. The molecule has 1 fully saturated rings. The van der Waals surface area contributed by atoms with E-state index in [2.05, 4.69) is 10.3 Å². The van der Waals surface area contributed by atoms with Crippen molar-refractivity contribution in [1.82, 2.24) is 4.90 Å². The number of hydrogen-bond donors (Lipinski definition) is 1. The van der Waals surface area contributed by atoms with Gasteiger partial charge in [-0.15, -0.1) is 0 Å². The van der Waals surface area contributed by atoms with E-state index in [1.807, 2.05) is 43.0 Å². The van der Waals surface area contributed by atoms with Crippen LogP contribution in [0.3, 0.4) is 0 Å². The lowest BCUT2D eigenvalue weighted by atomic mass is 10.1. The summed E-state index contributed by atoms with van der Waals surface area (Å²) in [5.74, 6) is 0.301. The number of nitrogens with zero attached hydrogens (tertiary/aromatic N) is 3. The summed E-state index contributed by atoms with van der Waals surface area (Å²) < 4.78 is 5.20. The molecule has 1 saturated heterocycles. The van der Waals surface area contributed by atoms with Crippen LogP contribution in [0.2, 0.25) is 5.02 Å². The minimum Gasteiger partial charge on any atom is -0.495 e. The normalized spacial score (nSPS) is 18.0. The Morgan fingerprint density at radius 3 is 2.81 bits per heavy atom. The summed E-state index contributed by atoms with van der Waals surface area (Å²) in [5.41, 5.74) is 3.75. The Bertz CT molecular complexity index is 1070. The second-order valence-electron chi connectivity index (χ2n) is 7.53. The van der Waals surface area contributed by atoms with Crippen molar-refractivity contribution in [2.75, 3.05) is 30.7 Å². The molecular weight excluding hydrogens is 436 g/mol. The molecule has 31 heavy (non-hydrogen) atoms. The van der Waals surface area contributed by atoms with Gasteiger partial charge in [0.2, 0.25) is 11.8 Å². The maximum atomic E-state index is 13.0. The van der Waals surface area contributed by atoms with Gasteiger partial charge in [-0.2, -0.15) is 0 Å². The number of fused-ring (bicyclic) bond motifs is 1.